The minimum Gasteiger partial charge on any atom is -0.245 e. The highest BCUT2D eigenvalue weighted by Crippen LogP contribution is 2.17. The second kappa shape index (κ2) is 4.38. The van der Waals surface area contributed by atoms with Crippen molar-refractivity contribution < 1.29 is 4.79 Å². The van der Waals surface area contributed by atoms with E-state index >= 15 is 0 Å². The third-order valence-corrected chi connectivity index (χ3v) is 2.64. The largest absolute Gasteiger partial charge is 0.358 e. The van der Waals surface area contributed by atoms with Gasteiger partial charge in [0.2, 0.25) is 0 Å². The number of carbonyl (C=O) groups excluding carboxylic acids is 1. The summed E-state index contributed by atoms with van der Waals surface area (Å²) in [4.78, 5) is 11.9. The van der Waals surface area contributed by atoms with Gasteiger partial charge in [-0.25, -0.2) is 15.2 Å². The molecule has 0 aliphatic carbocycles. The van der Waals surface area contributed by atoms with Crippen molar-refractivity contribution in [3.63, 3.8) is 0 Å². The van der Waals surface area contributed by atoms with Gasteiger partial charge in [-0.2, -0.15) is 5.12 Å². The van der Waals surface area contributed by atoms with Crippen molar-refractivity contribution in [3.05, 3.63) is 60.7 Å². The van der Waals surface area contributed by atoms with Crippen LogP contribution in [0.2, 0.25) is 0 Å². The lowest BCUT2D eigenvalue weighted by atomic mass is 10.3. The van der Waals surface area contributed by atoms with Crippen LogP contribution in [-0.2, 0) is 0 Å². The minimum absolute atomic E-state index is 0.218. The Morgan fingerprint density at radius 1 is 0.778 bits per heavy atom. The fourth-order valence-corrected chi connectivity index (χ4v) is 1.77. The van der Waals surface area contributed by atoms with Crippen molar-refractivity contribution >= 4 is 17.4 Å². The maximum absolute atomic E-state index is 11.9. The molecule has 3 rings (SSSR count). The Balaban J connectivity index is 1.83. The number of para-hydroxylation sites is 2. The standard InChI is InChI=1S/C13H12N4O/c18-13-14-17(12-9-5-2-6-10-12)15-16(13)11-7-3-1-4-8-11/h1-10,15H,(H,14,18). The molecule has 2 N–H and O–H groups in total. The number of hydrogen-bond acceptors (Lipinski definition) is 3. The highest BCUT2D eigenvalue weighted by molar-refractivity contribution is 5.94. The molecule has 1 aliphatic heterocycles. The molecule has 1 heterocycles. The molecule has 0 saturated carbocycles. The monoisotopic (exact) mass is 240 g/mol. The molecule has 1 aliphatic rings. The Labute approximate surface area is 105 Å². The molecule has 0 atom stereocenters. The van der Waals surface area contributed by atoms with E-state index in [9.17, 15) is 4.79 Å². The highest BCUT2D eigenvalue weighted by Gasteiger charge is 2.27. The number of hydrogen-bond donors (Lipinski definition) is 2. The van der Waals surface area contributed by atoms with Crippen LogP contribution in [0.1, 0.15) is 0 Å². The summed E-state index contributed by atoms with van der Waals surface area (Å²) < 4.78 is 0. The Morgan fingerprint density at radius 2 is 1.33 bits per heavy atom. The van der Waals surface area contributed by atoms with Gasteiger partial charge in [0.15, 0.2) is 0 Å². The van der Waals surface area contributed by atoms with Gasteiger partial charge in [0.1, 0.15) is 0 Å². The predicted octanol–water partition coefficient (Wildman–Crippen LogP) is 2.06. The molecule has 0 bridgehead atoms. The van der Waals surface area contributed by atoms with Gasteiger partial charge in [-0.15, -0.1) is 5.53 Å². The number of benzene rings is 2. The summed E-state index contributed by atoms with van der Waals surface area (Å²) >= 11 is 0. The van der Waals surface area contributed by atoms with E-state index < -0.39 is 0 Å². The van der Waals surface area contributed by atoms with Crippen molar-refractivity contribution in [3.8, 4) is 0 Å². The third kappa shape index (κ3) is 1.87. The van der Waals surface area contributed by atoms with Crippen molar-refractivity contribution in [1.29, 1.82) is 0 Å². The number of amides is 2. The summed E-state index contributed by atoms with van der Waals surface area (Å²) in [6.45, 7) is 0. The smallest absolute Gasteiger partial charge is 0.245 e. The lowest BCUT2D eigenvalue weighted by Gasteiger charge is -2.18. The van der Waals surface area contributed by atoms with Crippen LogP contribution >= 0.6 is 0 Å². The molecule has 5 heteroatoms. The summed E-state index contributed by atoms with van der Waals surface area (Å²) in [5.41, 5.74) is 7.36. The van der Waals surface area contributed by atoms with Crippen LogP contribution < -0.4 is 21.1 Å². The molecule has 2 aromatic carbocycles. The number of anilines is 2. The molecule has 5 nitrogen and oxygen atoms in total. The van der Waals surface area contributed by atoms with Gasteiger partial charge >= 0.3 is 6.03 Å². The second-order valence-electron chi connectivity index (χ2n) is 3.86. The van der Waals surface area contributed by atoms with Gasteiger partial charge in [-0.05, 0) is 24.3 Å². The number of carbonyl (C=O) groups is 1. The Kier molecular flexibility index (Phi) is 2.59. The quantitative estimate of drug-likeness (QED) is 0.844. The van der Waals surface area contributed by atoms with Crippen molar-refractivity contribution in [1.82, 2.24) is 11.0 Å². The molecule has 90 valence electrons. The van der Waals surface area contributed by atoms with Gasteiger partial charge in [0.25, 0.3) is 0 Å². The molecule has 0 unspecified atom stereocenters. The van der Waals surface area contributed by atoms with E-state index in [-0.39, 0.29) is 6.03 Å². The molecule has 0 radical (unpaired) electrons. The number of hydrazine groups is 3. The number of nitrogens with one attached hydrogen (secondary N) is 2. The van der Waals surface area contributed by atoms with Crippen LogP contribution in [0.15, 0.2) is 60.7 Å². The second-order valence-corrected chi connectivity index (χ2v) is 3.86. The molecule has 1 fully saturated rings. The summed E-state index contributed by atoms with van der Waals surface area (Å²) in [6, 6.07) is 18.7. The first-order valence-corrected chi connectivity index (χ1v) is 5.62. The summed E-state index contributed by atoms with van der Waals surface area (Å²) in [5, 5.41) is 3.03. The maximum Gasteiger partial charge on any atom is 0.358 e. The van der Waals surface area contributed by atoms with Crippen molar-refractivity contribution in [2.45, 2.75) is 0 Å². The SMILES string of the molecule is O=C1NN(c2ccccc2)NN1c1ccccc1. The number of rotatable bonds is 2. The Morgan fingerprint density at radius 3 is 1.94 bits per heavy atom. The van der Waals surface area contributed by atoms with E-state index in [0.29, 0.717) is 0 Å². The van der Waals surface area contributed by atoms with Crippen molar-refractivity contribution in [2.24, 2.45) is 0 Å². The minimum atomic E-state index is -0.218. The summed E-state index contributed by atoms with van der Waals surface area (Å²) in [6.07, 6.45) is 0. The average molecular weight is 240 g/mol. The lowest BCUT2D eigenvalue weighted by Crippen LogP contribution is -2.42. The average Bonchev–Trinajstić information content (AvgIpc) is 2.83. The molecular formula is C13H12N4O. The maximum atomic E-state index is 11.9. The van der Waals surface area contributed by atoms with Crippen LogP contribution in [0.25, 0.3) is 0 Å². The van der Waals surface area contributed by atoms with E-state index in [2.05, 4.69) is 11.0 Å². The fraction of sp³-hybridized carbons (Fsp3) is 0. The van der Waals surface area contributed by atoms with Crippen LogP contribution in [0.5, 0.6) is 0 Å². The first kappa shape index (κ1) is 10.6. The van der Waals surface area contributed by atoms with E-state index in [0.717, 1.165) is 11.4 Å². The van der Waals surface area contributed by atoms with Crippen LogP contribution in [0.4, 0.5) is 16.2 Å². The van der Waals surface area contributed by atoms with Gasteiger partial charge in [0, 0.05) is 0 Å². The number of nitrogens with zero attached hydrogens (tertiary/aromatic N) is 2. The third-order valence-electron chi connectivity index (χ3n) is 2.64. The molecule has 0 spiro atoms. The molecule has 2 amide bonds. The molecular weight excluding hydrogens is 228 g/mol. The van der Waals surface area contributed by atoms with Crippen LogP contribution in [0.3, 0.4) is 0 Å². The van der Waals surface area contributed by atoms with Crippen molar-refractivity contribution in [2.75, 3.05) is 10.1 Å². The van der Waals surface area contributed by atoms with E-state index in [1.807, 2.05) is 60.7 Å². The van der Waals surface area contributed by atoms with Gasteiger partial charge in [-0.3, -0.25) is 0 Å². The highest BCUT2D eigenvalue weighted by atomic mass is 16.2. The van der Waals surface area contributed by atoms with E-state index in [4.69, 9.17) is 0 Å². The molecule has 2 aromatic rings. The van der Waals surface area contributed by atoms with E-state index in [1.165, 1.54) is 5.01 Å². The molecule has 0 aromatic heterocycles. The lowest BCUT2D eigenvalue weighted by molar-refractivity contribution is 0.251. The molecule has 18 heavy (non-hydrogen) atoms. The fourth-order valence-electron chi connectivity index (χ4n) is 1.77. The normalized spacial score (nSPS) is 14.8. The van der Waals surface area contributed by atoms with Gasteiger partial charge in [0.05, 0.1) is 11.4 Å². The predicted molar refractivity (Wildman–Crippen MR) is 69.5 cm³/mol. The van der Waals surface area contributed by atoms with Crippen LogP contribution in [0, 0.1) is 0 Å². The molecule has 1 saturated heterocycles. The zero-order valence-electron chi connectivity index (χ0n) is 9.58. The summed E-state index contributed by atoms with van der Waals surface area (Å²) in [7, 11) is 0. The zero-order valence-corrected chi connectivity index (χ0v) is 9.58. The Bertz CT molecular complexity index is 543. The first-order chi connectivity index (χ1) is 8.84. The number of urea groups is 1. The first-order valence-electron chi connectivity index (χ1n) is 5.62. The van der Waals surface area contributed by atoms with Crippen LogP contribution in [-0.4, -0.2) is 6.03 Å². The van der Waals surface area contributed by atoms with Gasteiger partial charge in [-0.1, -0.05) is 36.4 Å². The zero-order chi connectivity index (χ0) is 12.4. The van der Waals surface area contributed by atoms with E-state index in [1.54, 1.807) is 5.12 Å². The topological polar surface area (TPSA) is 47.6 Å². The van der Waals surface area contributed by atoms with Gasteiger partial charge < -0.3 is 0 Å². The Hall–Kier alpha value is -2.53. The summed E-state index contributed by atoms with van der Waals surface area (Å²) in [5.74, 6) is 0.